The molecule has 3 unspecified atom stereocenters. The van der Waals surface area contributed by atoms with Gasteiger partial charge in [-0.05, 0) is 36.2 Å². The smallest absolute Gasteiger partial charge is 0.312 e. The highest BCUT2D eigenvalue weighted by atomic mass is 79.9. The summed E-state index contributed by atoms with van der Waals surface area (Å²) in [5.74, 6) is -3.31. The van der Waals surface area contributed by atoms with Gasteiger partial charge in [-0.2, -0.15) is 0 Å². The van der Waals surface area contributed by atoms with Gasteiger partial charge in [0, 0.05) is 22.1 Å². The molecule has 7 atom stereocenters. The molecule has 3 saturated heterocycles. The Bertz CT molecular complexity index is 1310. The van der Waals surface area contributed by atoms with E-state index in [9.17, 15) is 19.5 Å². The van der Waals surface area contributed by atoms with Gasteiger partial charge in [0.2, 0.25) is 5.91 Å². The zero-order valence-corrected chi connectivity index (χ0v) is 24.0. The first-order valence-corrected chi connectivity index (χ1v) is 14.3. The molecule has 8 nitrogen and oxygen atoms in total. The normalized spacial score (nSPS) is 29.1. The van der Waals surface area contributed by atoms with Crippen LogP contribution in [-0.2, 0) is 23.9 Å². The molecule has 3 aliphatic heterocycles. The number of hydrogen-bond donors (Lipinski definition) is 1. The summed E-state index contributed by atoms with van der Waals surface area (Å²) in [6.07, 6.45) is 2.72. The lowest BCUT2D eigenvalue weighted by Gasteiger charge is -2.39. The van der Waals surface area contributed by atoms with Crippen LogP contribution in [0.5, 0.6) is 0 Å². The summed E-state index contributed by atoms with van der Waals surface area (Å²) in [6.45, 7) is 7.13. The van der Waals surface area contributed by atoms with Crippen molar-refractivity contribution in [3.05, 3.63) is 90.5 Å². The zero-order chi connectivity index (χ0) is 28.6. The third-order valence-corrected chi connectivity index (χ3v) is 9.08. The molecule has 5 rings (SSSR count). The molecular weight excluding hydrogens is 600 g/mol. The molecule has 1 N–H and O–H groups in total. The number of esters is 1. The van der Waals surface area contributed by atoms with E-state index in [-0.39, 0.29) is 18.0 Å². The fourth-order valence-corrected chi connectivity index (χ4v) is 7.51. The molecule has 1 spiro atoms. The molecule has 2 bridgehead atoms. The second-order valence-corrected chi connectivity index (χ2v) is 11.8. The van der Waals surface area contributed by atoms with Crippen LogP contribution in [0.2, 0.25) is 5.02 Å². The number of rotatable bonds is 10. The second-order valence-electron chi connectivity index (χ2n) is 10.2. The quantitative estimate of drug-likeness (QED) is 0.242. The summed E-state index contributed by atoms with van der Waals surface area (Å²) < 4.78 is 11.9. The first-order valence-electron chi connectivity index (χ1n) is 13.0. The van der Waals surface area contributed by atoms with Crippen molar-refractivity contribution in [1.29, 1.82) is 0 Å². The number of aliphatic hydroxyl groups excluding tert-OH is 1. The molecule has 3 heterocycles. The van der Waals surface area contributed by atoms with Gasteiger partial charge in [0.25, 0.3) is 5.91 Å². The molecule has 0 aliphatic carbocycles. The molecule has 0 saturated carbocycles. The predicted octanol–water partition coefficient (Wildman–Crippen LogP) is 4.07. The molecule has 210 valence electrons. The number of likely N-dealkylation sites (tertiary alicyclic amines) is 1. The number of aliphatic hydroxyl groups is 1. The van der Waals surface area contributed by atoms with Crippen LogP contribution in [0.3, 0.4) is 0 Å². The molecule has 2 aromatic rings. The van der Waals surface area contributed by atoms with Gasteiger partial charge >= 0.3 is 5.97 Å². The Hall–Kier alpha value is -2.98. The maximum Gasteiger partial charge on any atom is 0.312 e. The minimum atomic E-state index is -1.32. The Morgan fingerprint density at radius 3 is 2.52 bits per heavy atom. The van der Waals surface area contributed by atoms with Crippen LogP contribution in [0.4, 0.5) is 5.69 Å². The van der Waals surface area contributed by atoms with Gasteiger partial charge in [-0.15, -0.1) is 6.58 Å². The number of amides is 2. The maximum atomic E-state index is 14.7. The maximum absolute atomic E-state index is 14.7. The van der Waals surface area contributed by atoms with Crippen LogP contribution < -0.4 is 4.90 Å². The van der Waals surface area contributed by atoms with E-state index in [1.807, 2.05) is 6.07 Å². The number of anilines is 1. The minimum absolute atomic E-state index is 0.0120. The summed E-state index contributed by atoms with van der Waals surface area (Å²) >= 11 is 9.76. The number of hydrogen-bond acceptors (Lipinski definition) is 6. The molecule has 40 heavy (non-hydrogen) atoms. The first-order chi connectivity index (χ1) is 19.3. The average molecular weight is 630 g/mol. The summed E-state index contributed by atoms with van der Waals surface area (Å²) in [4.78, 5) is 45.0. The fourth-order valence-electron chi connectivity index (χ4n) is 6.44. The van der Waals surface area contributed by atoms with Crippen molar-refractivity contribution in [2.24, 2.45) is 11.8 Å². The van der Waals surface area contributed by atoms with Gasteiger partial charge < -0.3 is 24.4 Å². The van der Waals surface area contributed by atoms with Crippen LogP contribution in [-0.4, -0.2) is 70.1 Å². The largest absolute Gasteiger partial charge is 0.461 e. The van der Waals surface area contributed by atoms with Crippen molar-refractivity contribution < 1.29 is 29.0 Å². The van der Waals surface area contributed by atoms with E-state index in [2.05, 4.69) is 29.1 Å². The summed E-state index contributed by atoms with van der Waals surface area (Å²) in [5.41, 5.74) is -0.101. The van der Waals surface area contributed by atoms with Crippen molar-refractivity contribution in [3.63, 3.8) is 0 Å². The van der Waals surface area contributed by atoms with Gasteiger partial charge in [0.15, 0.2) is 0 Å². The van der Waals surface area contributed by atoms with Gasteiger partial charge in [-0.3, -0.25) is 14.4 Å². The van der Waals surface area contributed by atoms with Crippen LogP contribution in [0.15, 0.2) is 79.9 Å². The van der Waals surface area contributed by atoms with Crippen LogP contribution in [0, 0.1) is 11.8 Å². The van der Waals surface area contributed by atoms with Gasteiger partial charge in [-0.1, -0.05) is 76.6 Å². The number of halogens is 2. The Labute approximate surface area is 246 Å². The van der Waals surface area contributed by atoms with E-state index in [0.29, 0.717) is 22.7 Å². The van der Waals surface area contributed by atoms with Crippen molar-refractivity contribution >= 4 is 51.0 Å². The Balaban J connectivity index is 1.65. The van der Waals surface area contributed by atoms with E-state index >= 15 is 0 Å². The third-order valence-electron chi connectivity index (χ3n) is 7.99. The number of benzene rings is 2. The Morgan fingerprint density at radius 1 is 1.20 bits per heavy atom. The monoisotopic (exact) mass is 628 g/mol. The Morgan fingerprint density at radius 2 is 1.90 bits per heavy atom. The van der Waals surface area contributed by atoms with E-state index in [0.717, 1.165) is 0 Å². The topological polar surface area (TPSA) is 96.4 Å². The van der Waals surface area contributed by atoms with E-state index in [1.165, 1.54) is 15.9 Å². The lowest BCUT2D eigenvalue weighted by Crippen LogP contribution is -2.57. The highest BCUT2D eigenvalue weighted by molar-refractivity contribution is 9.09. The van der Waals surface area contributed by atoms with Crippen LogP contribution in [0.1, 0.15) is 18.0 Å². The molecule has 0 radical (unpaired) electrons. The highest BCUT2D eigenvalue weighted by Crippen LogP contribution is 2.61. The standard InChI is InChI=1S/C30H30BrClN2O6/c1-3-14-33(20-12-10-19(32)11-13-20)28(37)26-30-16-21(31)25(40-30)23(29(38)39-15-4-2)24(30)27(36)34(26)22(17-35)18-8-6-5-7-9-18/h3-13,21-26,35H,1-2,14-17H2/t21?,22-,23+,24+,25+,26?,30?/m1/s1. The van der Waals surface area contributed by atoms with E-state index in [1.54, 1.807) is 54.6 Å². The molecule has 2 amide bonds. The van der Waals surface area contributed by atoms with Gasteiger partial charge in [0.1, 0.15) is 18.2 Å². The number of fused-ring (bicyclic) bond motifs is 1. The summed E-state index contributed by atoms with van der Waals surface area (Å²) in [6, 6.07) is 13.8. The summed E-state index contributed by atoms with van der Waals surface area (Å²) in [7, 11) is 0. The van der Waals surface area contributed by atoms with Crippen molar-refractivity contribution in [1.82, 2.24) is 4.90 Å². The predicted molar refractivity (Wildman–Crippen MR) is 154 cm³/mol. The first kappa shape index (κ1) is 28.5. The van der Waals surface area contributed by atoms with Crippen LogP contribution >= 0.6 is 27.5 Å². The summed E-state index contributed by atoms with van der Waals surface area (Å²) in [5, 5.41) is 11.1. The lowest BCUT2D eigenvalue weighted by atomic mass is 9.70. The molecular formula is C30H30BrClN2O6. The highest BCUT2D eigenvalue weighted by Gasteiger charge is 2.77. The third kappa shape index (κ3) is 4.59. The molecule has 2 aromatic carbocycles. The number of nitrogens with zero attached hydrogens (tertiary/aromatic N) is 2. The number of alkyl halides is 1. The van der Waals surface area contributed by atoms with Crippen molar-refractivity contribution in [3.8, 4) is 0 Å². The molecule has 3 aliphatic rings. The number of ether oxygens (including phenoxy) is 2. The van der Waals surface area contributed by atoms with Crippen molar-refractivity contribution in [2.45, 2.75) is 35.0 Å². The van der Waals surface area contributed by atoms with E-state index in [4.69, 9.17) is 21.1 Å². The van der Waals surface area contributed by atoms with Crippen molar-refractivity contribution in [2.75, 3.05) is 24.7 Å². The molecule has 10 heteroatoms. The number of carbonyl (C=O) groups excluding carboxylic acids is 3. The number of carbonyl (C=O) groups is 3. The Kier molecular flexibility index (Phi) is 8.20. The molecule has 3 fully saturated rings. The SMILES string of the molecule is C=CCOC(=O)[C@H]1[C@H]2C(=O)N([C@H](CO)c3ccccc3)C(C(=O)N(CC=C)c3ccc(Cl)cc3)C23CC(Br)[C@@H]1O3. The van der Waals surface area contributed by atoms with Crippen LogP contribution in [0.25, 0.3) is 0 Å². The zero-order valence-electron chi connectivity index (χ0n) is 21.7. The lowest BCUT2D eigenvalue weighted by molar-refractivity contribution is -0.154. The van der Waals surface area contributed by atoms with E-state index < -0.39 is 60.0 Å². The van der Waals surface area contributed by atoms with Gasteiger partial charge in [-0.25, -0.2) is 0 Å². The molecule has 0 aromatic heterocycles. The fraction of sp³-hybridized carbons (Fsp3) is 0.367. The average Bonchev–Trinajstić information content (AvgIpc) is 3.55. The van der Waals surface area contributed by atoms with Gasteiger partial charge in [0.05, 0.1) is 30.6 Å². The minimum Gasteiger partial charge on any atom is -0.461 e. The second kappa shape index (κ2) is 11.5.